The number of benzene rings is 2. The number of hydrogen-bond acceptors (Lipinski definition) is 3. The van der Waals surface area contributed by atoms with E-state index in [1.807, 2.05) is 12.1 Å². The average molecular weight is 549 g/mol. The van der Waals surface area contributed by atoms with Gasteiger partial charge in [-0.25, -0.2) is 0 Å². The van der Waals surface area contributed by atoms with Crippen LogP contribution in [-0.4, -0.2) is 38.1 Å². The monoisotopic (exact) mass is 547 g/mol. The van der Waals surface area contributed by atoms with Crippen molar-refractivity contribution < 1.29 is 9.53 Å². The second-order valence-corrected chi connectivity index (χ2v) is 16.7. The van der Waals surface area contributed by atoms with E-state index in [1.165, 1.54) is 11.1 Å². The van der Waals surface area contributed by atoms with Crippen LogP contribution < -0.4 is 0 Å². The molecule has 0 heterocycles. The summed E-state index contributed by atoms with van der Waals surface area (Å²) in [4.78, 5) is 2.42. The Hall–Kier alpha value is -0.983. The van der Waals surface area contributed by atoms with Gasteiger partial charge < -0.3 is 9.53 Å². The molecule has 0 spiro atoms. The zero-order chi connectivity index (χ0) is 25.1. The van der Waals surface area contributed by atoms with E-state index < -0.39 is 8.32 Å². The molecule has 3 nitrogen and oxygen atoms in total. The van der Waals surface area contributed by atoms with Crippen molar-refractivity contribution in [3.8, 4) is 0 Å². The van der Waals surface area contributed by atoms with Crippen LogP contribution in [0.4, 0.5) is 0 Å². The van der Waals surface area contributed by atoms with E-state index in [0.29, 0.717) is 16.6 Å². The molecule has 34 heavy (non-hydrogen) atoms. The molecule has 1 N–H and O–H groups in total. The number of nitrogens with zero attached hydrogens (tertiary/aromatic N) is 1. The van der Waals surface area contributed by atoms with E-state index in [2.05, 4.69) is 105 Å². The summed E-state index contributed by atoms with van der Waals surface area (Å²) < 4.78 is 7.87. The molecule has 0 saturated carbocycles. The van der Waals surface area contributed by atoms with Crippen molar-refractivity contribution in [2.45, 2.75) is 90.0 Å². The Morgan fingerprint density at radius 1 is 0.824 bits per heavy atom. The highest BCUT2D eigenvalue weighted by atomic mass is 79.9. The fraction of sp³-hybridized carbons (Fsp3) is 0.586. The minimum atomic E-state index is -1.78. The molecule has 2 aromatic carbocycles. The van der Waals surface area contributed by atoms with Crippen LogP contribution in [0, 0.1) is 0 Å². The number of hydrogen-bond donors (Lipinski definition) is 1. The van der Waals surface area contributed by atoms with E-state index in [-0.39, 0.29) is 12.6 Å². The van der Waals surface area contributed by atoms with E-state index in [1.54, 1.807) is 0 Å². The zero-order valence-corrected chi connectivity index (χ0v) is 24.7. The van der Waals surface area contributed by atoms with Crippen molar-refractivity contribution in [2.24, 2.45) is 0 Å². The molecular formula is C29H46BrNO2Si. The largest absolute Gasteiger partial charge is 0.416 e. The molecular weight excluding hydrogens is 502 g/mol. The topological polar surface area (TPSA) is 32.7 Å². The SMILES string of the molecule is CC(C)[Si](OCCCCCN(Cc1ccccc1Br)C(CO)c1ccccc1)(C(C)C)C(C)C. The Bertz CT molecular complexity index is 806. The van der Waals surface area contributed by atoms with Gasteiger partial charge in [-0.1, -0.05) is 106 Å². The van der Waals surface area contributed by atoms with Crippen molar-refractivity contribution in [3.63, 3.8) is 0 Å². The highest BCUT2D eigenvalue weighted by molar-refractivity contribution is 9.10. The molecule has 0 aromatic heterocycles. The van der Waals surface area contributed by atoms with Crippen LogP contribution in [0.5, 0.6) is 0 Å². The fourth-order valence-corrected chi connectivity index (χ4v) is 11.5. The predicted molar refractivity (Wildman–Crippen MR) is 152 cm³/mol. The van der Waals surface area contributed by atoms with Gasteiger partial charge in [0.2, 0.25) is 0 Å². The van der Waals surface area contributed by atoms with Gasteiger partial charge in [0.1, 0.15) is 0 Å². The van der Waals surface area contributed by atoms with Gasteiger partial charge in [0.05, 0.1) is 12.6 Å². The summed E-state index contributed by atoms with van der Waals surface area (Å²) in [5, 5.41) is 10.3. The van der Waals surface area contributed by atoms with Crippen LogP contribution in [0.3, 0.4) is 0 Å². The van der Waals surface area contributed by atoms with Gasteiger partial charge in [-0.3, -0.25) is 4.90 Å². The first-order chi connectivity index (χ1) is 16.2. The molecule has 5 heteroatoms. The first-order valence-electron chi connectivity index (χ1n) is 13.0. The number of unbranched alkanes of at least 4 members (excludes halogenated alkanes) is 2. The van der Waals surface area contributed by atoms with E-state index >= 15 is 0 Å². The van der Waals surface area contributed by atoms with Gasteiger partial charge in [0.15, 0.2) is 8.32 Å². The van der Waals surface area contributed by atoms with E-state index in [4.69, 9.17) is 4.43 Å². The Morgan fingerprint density at radius 3 is 1.97 bits per heavy atom. The quantitative estimate of drug-likeness (QED) is 0.179. The molecule has 2 rings (SSSR count). The molecule has 0 bridgehead atoms. The van der Waals surface area contributed by atoms with E-state index in [0.717, 1.165) is 43.4 Å². The fourth-order valence-electron chi connectivity index (χ4n) is 5.64. The number of halogens is 1. The summed E-state index contributed by atoms with van der Waals surface area (Å²) in [5.41, 5.74) is 4.30. The minimum absolute atomic E-state index is 0.00700. The van der Waals surface area contributed by atoms with Gasteiger partial charge in [-0.05, 0) is 59.6 Å². The molecule has 190 valence electrons. The average Bonchev–Trinajstić information content (AvgIpc) is 2.80. The smallest absolute Gasteiger partial charge is 0.200 e. The highest BCUT2D eigenvalue weighted by Crippen LogP contribution is 2.42. The first-order valence-corrected chi connectivity index (χ1v) is 15.9. The van der Waals surface area contributed by atoms with Gasteiger partial charge >= 0.3 is 0 Å². The molecule has 0 aliphatic heterocycles. The number of aliphatic hydroxyl groups is 1. The third-order valence-electron chi connectivity index (χ3n) is 7.28. The summed E-state index contributed by atoms with van der Waals surface area (Å²) in [6.45, 7) is 16.8. The lowest BCUT2D eigenvalue weighted by molar-refractivity contribution is 0.113. The van der Waals surface area contributed by atoms with Gasteiger partial charge in [-0.2, -0.15) is 0 Å². The molecule has 0 fully saturated rings. The molecule has 0 amide bonds. The van der Waals surface area contributed by atoms with Gasteiger partial charge in [-0.15, -0.1) is 0 Å². The van der Waals surface area contributed by atoms with Crippen LogP contribution >= 0.6 is 15.9 Å². The minimum Gasteiger partial charge on any atom is -0.416 e. The molecule has 1 unspecified atom stereocenters. The lowest BCUT2D eigenvalue weighted by Crippen LogP contribution is -2.47. The van der Waals surface area contributed by atoms with E-state index in [9.17, 15) is 5.11 Å². The third kappa shape index (κ3) is 7.76. The number of rotatable bonds is 15. The van der Waals surface area contributed by atoms with Crippen LogP contribution in [0.2, 0.25) is 16.6 Å². The van der Waals surface area contributed by atoms with Crippen molar-refractivity contribution in [1.82, 2.24) is 4.90 Å². The second kappa shape index (κ2) is 14.5. The lowest BCUT2D eigenvalue weighted by Gasteiger charge is -2.42. The van der Waals surface area contributed by atoms with Crippen LogP contribution in [0.1, 0.15) is 78.0 Å². The highest BCUT2D eigenvalue weighted by Gasteiger charge is 2.44. The van der Waals surface area contributed by atoms with Crippen LogP contribution in [0.25, 0.3) is 0 Å². The molecule has 0 aliphatic rings. The maximum atomic E-state index is 10.3. The standard InChI is InChI=1S/C29H46BrNO2Si/c1-23(2)34(24(3)4,25(5)6)33-20-14-8-13-19-31(21-27-17-11-12-18-28(27)30)29(22-32)26-15-9-7-10-16-26/h7,9-12,15-18,23-25,29,32H,8,13-14,19-22H2,1-6H3. The molecule has 1 atom stereocenters. The van der Waals surface area contributed by atoms with Gasteiger partial charge in [0, 0.05) is 17.6 Å². The lowest BCUT2D eigenvalue weighted by atomic mass is 10.0. The normalized spacial score (nSPS) is 13.4. The summed E-state index contributed by atoms with van der Waals surface area (Å²) in [5.74, 6) is 0. The maximum absolute atomic E-state index is 10.3. The Labute approximate surface area is 218 Å². The Morgan fingerprint density at radius 2 is 1.41 bits per heavy atom. The second-order valence-electron chi connectivity index (χ2n) is 10.4. The maximum Gasteiger partial charge on any atom is 0.200 e. The Balaban J connectivity index is 2.00. The van der Waals surface area contributed by atoms with Crippen LogP contribution in [0.15, 0.2) is 59.1 Å². The van der Waals surface area contributed by atoms with Crippen molar-refractivity contribution in [2.75, 3.05) is 19.8 Å². The Kier molecular flexibility index (Phi) is 12.5. The van der Waals surface area contributed by atoms with Crippen molar-refractivity contribution >= 4 is 24.2 Å². The number of aliphatic hydroxyl groups excluding tert-OH is 1. The zero-order valence-electron chi connectivity index (χ0n) is 22.1. The third-order valence-corrected chi connectivity index (χ3v) is 14.2. The van der Waals surface area contributed by atoms with Crippen LogP contribution in [-0.2, 0) is 11.0 Å². The molecule has 0 saturated heterocycles. The molecule has 0 radical (unpaired) electrons. The summed E-state index contributed by atoms with van der Waals surface area (Å²) in [7, 11) is -1.78. The predicted octanol–water partition coefficient (Wildman–Crippen LogP) is 8.35. The van der Waals surface area contributed by atoms with Gasteiger partial charge in [0.25, 0.3) is 0 Å². The molecule has 2 aromatic rings. The summed E-state index contributed by atoms with van der Waals surface area (Å²) in [6, 6.07) is 18.8. The first kappa shape index (κ1) is 29.2. The van der Waals surface area contributed by atoms with Crippen molar-refractivity contribution in [1.29, 1.82) is 0 Å². The van der Waals surface area contributed by atoms with Crippen molar-refractivity contribution in [3.05, 3.63) is 70.2 Å². The molecule has 0 aliphatic carbocycles. The summed E-state index contributed by atoms with van der Waals surface area (Å²) in [6.07, 6.45) is 3.33. The summed E-state index contributed by atoms with van der Waals surface area (Å²) >= 11 is 3.71.